The Morgan fingerprint density at radius 2 is 1.79 bits per heavy atom. The molecule has 2 rings (SSSR count). The smallest absolute Gasteiger partial charge is 0.221 e. The van der Waals surface area contributed by atoms with Crippen LogP contribution in [0.2, 0.25) is 0 Å². The lowest BCUT2D eigenvalue weighted by molar-refractivity contribution is -0.114. The fraction of sp³-hybridized carbons (Fsp3) is 0.350. The molecule has 0 fully saturated rings. The molecule has 2 aromatic rings. The van der Waals surface area contributed by atoms with E-state index in [2.05, 4.69) is 17.6 Å². The normalized spacial score (nSPS) is 14.7. The summed E-state index contributed by atoms with van der Waals surface area (Å²) in [6.07, 6.45) is 0.154. The van der Waals surface area contributed by atoms with Crippen molar-refractivity contribution in [1.29, 1.82) is 0 Å². The highest BCUT2D eigenvalue weighted by atomic mass is 16.3. The number of aliphatic hydroxyl groups excluding tert-OH is 1. The van der Waals surface area contributed by atoms with Gasteiger partial charge in [-0.2, -0.15) is 0 Å². The van der Waals surface area contributed by atoms with E-state index in [4.69, 9.17) is 0 Å². The molecule has 4 heteroatoms. The zero-order valence-corrected chi connectivity index (χ0v) is 14.5. The third-order valence-corrected chi connectivity index (χ3v) is 4.08. The van der Waals surface area contributed by atoms with Crippen LogP contribution < -0.4 is 10.6 Å². The molecule has 1 amide bonds. The second-order valence-electron chi connectivity index (χ2n) is 6.24. The number of hydrogen-bond donors (Lipinski definition) is 3. The molecule has 3 unspecified atom stereocenters. The van der Waals surface area contributed by atoms with Crippen molar-refractivity contribution in [3.8, 4) is 0 Å². The number of benzene rings is 2. The van der Waals surface area contributed by atoms with E-state index < -0.39 is 6.10 Å². The van der Waals surface area contributed by atoms with Crippen LogP contribution in [-0.4, -0.2) is 23.2 Å². The summed E-state index contributed by atoms with van der Waals surface area (Å²) in [4.78, 5) is 11.2. The zero-order chi connectivity index (χ0) is 17.5. The first kappa shape index (κ1) is 18.2. The largest absolute Gasteiger partial charge is 0.391 e. The number of anilines is 1. The van der Waals surface area contributed by atoms with E-state index in [1.807, 2.05) is 61.5 Å². The molecule has 0 aliphatic carbocycles. The van der Waals surface area contributed by atoms with Gasteiger partial charge in [-0.1, -0.05) is 42.5 Å². The highest BCUT2D eigenvalue weighted by Crippen LogP contribution is 2.19. The van der Waals surface area contributed by atoms with E-state index >= 15 is 0 Å². The first-order chi connectivity index (χ1) is 11.5. The maximum Gasteiger partial charge on any atom is 0.221 e. The Bertz CT molecular complexity index is 658. The van der Waals surface area contributed by atoms with Gasteiger partial charge in [0.25, 0.3) is 0 Å². The van der Waals surface area contributed by atoms with Crippen LogP contribution in [-0.2, 0) is 11.2 Å². The monoisotopic (exact) mass is 326 g/mol. The predicted octanol–water partition coefficient (Wildman–Crippen LogP) is 3.29. The van der Waals surface area contributed by atoms with Gasteiger partial charge in [-0.3, -0.25) is 4.79 Å². The van der Waals surface area contributed by atoms with Crippen molar-refractivity contribution in [1.82, 2.24) is 5.32 Å². The van der Waals surface area contributed by atoms with Crippen LogP contribution in [0.15, 0.2) is 54.6 Å². The lowest BCUT2D eigenvalue weighted by atomic mass is 10.0. The average Bonchev–Trinajstić information content (AvgIpc) is 2.55. The van der Waals surface area contributed by atoms with Crippen molar-refractivity contribution >= 4 is 11.6 Å². The summed E-state index contributed by atoms with van der Waals surface area (Å²) >= 11 is 0. The Hall–Kier alpha value is -2.17. The lowest BCUT2D eigenvalue weighted by Gasteiger charge is -2.25. The minimum absolute atomic E-state index is 0.0513. The molecule has 0 aromatic heterocycles. The summed E-state index contributed by atoms with van der Waals surface area (Å²) < 4.78 is 0. The van der Waals surface area contributed by atoms with Gasteiger partial charge in [0.05, 0.1) is 6.10 Å². The Morgan fingerprint density at radius 1 is 1.08 bits per heavy atom. The van der Waals surface area contributed by atoms with Crippen molar-refractivity contribution < 1.29 is 9.90 Å². The SMILES string of the molecule is CC(=O)Nc1cccc(C(C)NC(C)C(O)Cc2ccccc2)c1. The minimum Gasteiger partial charge on any atom is -0.391 e. The summed E-state index contributed by atoms with van der Waals surface area (Å²) in [6.45, 7) is 5.54. The van der Waals surface area contributed by atoms with Gasteiger partial charge in [-0.05, 0) is 43.5 Å². The van der Waals surface area contributed by atoms with Crippen molar-refractivity contribution in [2.24, 2.45) is 0 Å². The molecule has 0 aliphatic rings. The molecule has 128 valence electrons. The van der Waals surface area contributed by atoms with Crippen LogP contribution in [0.3, 0.4) is 0 Å². The second-order valence-corrected chi connectivity index (χ2v) is 6.24. The van der Waals surface area contributed by atoms with Gasteiger partial charge in [0.1, 0.15) is 0 Å². The first-order valence-electron chi connectivity index (χ1n) is 8.31. The van der Waals surface area contributed by atoms with Gasteiger partial charge in [0.15, 0.2) is 0 Å². The van der Waals surface area contributed by atoms with E-state index in [1.165, 1.54) is 6.92 Å². The number of amides is 1. The zero-order valence-electron chi connectivity index (χ0n) is 14.5. The third kappa shape index (κ3) is 5.48. The van der Waals surface area contributed by atoms with Gasteiger partial charge in [0, 0.05) is 24.7 Å². The van der Waals surface area contributed by atoms with E-state index in [0.29, 0.717) is 6.42 Å². The van der Waals surface area contributed by atoms with Crippen LogP contribution in [0.5, 0.6) is 0 Å². The topological polar surface area (TPSA) is 61.4 Å². The highest BCUT2D eigenvalue weighted by molar-refractivity contribution is 5.88. The van der Waals surface area contributed by atoms with Crippen molar-refractivity contribution in [3.63, 3.8) is 0 Å². The molecule has 0 radical (unpaired) electrons. The van der Waals surface area contributed by atoms with E-state index in [1.54, 1.807) is 0 Å². The first-order valence-corrected chi connectivity index (χ1v) is 8.31. The quantitative estimate of drug-likeness (QED) is 0.732. The number of hydrogen-bond acceptors (Lipinski definition) is 3. The molecule has 3 atom stereocenters. The third-order valence-electron chi connectivity index (χ3n) is 4.08. The highest BCUT2D eigenvalue weighted by Gasteiger charge is 2.17. The molecule has 0 saturated carbocycles. The Morgan fingerprint density at radius 3 is 2.46 bits per heavy atom. The Balaban J connectivity index is 1.95. The van der Waals surface area contributed by atoms with E-state index in [0.717, 1.165) is 16.8 Å². The molecule has 0 saturated heterocycles. The Labute approximate surface area is 143 Å². The van der Waals surface area contributed by atoms with Gasteiger partial charge in [-0.25, -0.2) is 0 Å². The molecular formula is C20H26N2O2. The van der Waals surface area contributed by atoms with Crippen molar-refractivity contribution in [2.45, 2.75) is 45.4 Å². The van der Waals surface area contributed by atoms with Gasteiger partial charge >= 0.3 is 0 Å². The maximum absolute atomic E-state index is 11.2. The Kier molecular flexibility index (Phi) is 6.53. The number of aliphatic hydroxyl groups is 1. The van der Waals surface area contributed by atoms with Crippen LogP contribution in [0, 0.1) is 0 Å². The standard InChI is InChI=1S/C20H26N2O2/c1-14(18-10-7-11-19(13-18)22-16(3)23)21-15(2)20(24)12-17-8-5-4-6-9-17/h4-11,13-15,20-21,24H,12H2,1-3H3,(H,22,23). The van der Waals surface area contributed by atoms with E-state index in [-0.39, 0.29) is 18.0 Å². The fourth-order valence-electron chi connectivity index (χ4n) is 2.72. The molecule has 4 nitrogen and oxygen atoms in total. The summed E-state index contributed by atoms with van der Waals surface area (Å²) in [5.74, 6) is -0.0839. The molecule has 0 heterocycles. The van der Waals surface area contributed by atoms with Gasteiger partial charge in [-0.15, -0.1) is 0 Å². The molecule has 0 aliphatic heterocycles. The summed E-state index contributed by atoms with van der Waals surface area (Å²) in [5.41, 5.74) is 2.98. The summed E-state index contributed by atoms with van der Waals surface area (Å²) in [6, 6.07) is 17.8. The van der Waals surface area contributed by atoms with Gasteiger partial charge in [0.2, 0.25) is 5.91 Å². The second kappa shape index (κ2) is 8.62. The summed E-state index contributed by atoms with van der Waals surface area (Å²) in [5, 5.41) is 16.6. The molecule has 3 N–H and O–H groups in total. The average molecular weight is 326 g/mol. The number of carbonyl (C=O) groups excluding carboxylic acids is 1. The van der Waals surface area contributed by atoms with Crippen LogP contribution >= 0.6 is 0 Å². The van der Waals surface area contributed by atoms with Crippen molar-refractivity contribution in [3.05, 3.63) is 65.7 Å². The van der Waals surface area contributed by atoms with Crippen LogP contribution in [0.1, 0.15) is 37.9 Å². The number of nitrogens with one attached hydrogen (secondary N) is 2. The van der Waals surface area contributed by atoms with Crippen molar-refractivity contribution in [2.75, 3.05) is 5.32 Å². The number of rotatable bonds is 7. The molecule has 2 aromatic carbocycles. The van der Waals surface area contributed by atoms with Crippen LogP contribution in [0.25, 0.3) is 0 Å². The number of carbonyl (C=O) groups is 1. The van der Waals surface area contributed by atoms with Crippen LogP contribution in [0.4, 0.5) is 5.69 Å². The molecule has 0 spiro atoms. The van der Waals surface area contributed by atoms with Gasteiger partial charge < -0.3 is 15.7 Å². The maximum atomic E-state index is 11.2. The molecule has 24 heavy (non-hydrogen) atoms. The van der Waals surface area contributed by atoms with E-state index in [9.17, 15) is 9.90 Å². The predicted molar refractivity (Wildman–Crippen MR) is 97.9 cm³/mol. The lowest BCUT2D eigenvalue weighted by Crippen LogP contribution is -2.39. The molecule has 0 bridgehead atoms. The minimum atomic E-state index is -0.464. The summed E-state index contributed by atoms with van der Waals surface area (Å²) in [7, 11) is 0. The molecular weight excluding hydrogens is 300 g/mol. The fourth-order valence-corrected chi connectivity index (χ4v) is 2.72.